The maximum atomic E-state index is 10.7. The number of pyridine rings is 1. The molecule has 20 heavy (non-hydrogen) atoms. The minimum atomic E-state index is -0.676. The summed E-state index contributed by atoms with van der Waals surface area (Å²) in [5.41, 5.74) is 0.389. The Kier molecular flexibility index (Phi) is 4.16. The van der Waals surface area contributed by atoms with E-state index >= 15 is 0 Å². The van der Waals surface area contributed by atoms with Crippen molar-refractivity contribution in [3.8, 4) is 11.5 Å². The molecule has 1 heterocycles. The van der Waals surface area contributed by atoms with E-state index in [0.717, 1.165) is 0 Å². The molecule has 0 amide bonds. The van der Waals surface area contributed by atoms with E-state index in [1.54, 1.807) is 19.1 Å². The Balaban J connectivity index is 2.25. The lowest BCUT2D eigenvalue weighted by atomic mass is 10.2. The third-order valence-electron chi connectivity index (χ3n) is 2.54. The fraction of sp³-hybridized carbons (Fsp3) is 0.154. The number of halogens is 1. The predicted octanol–water partition coefficient (Wildman–Crippen LogP) is 3.49. The van der Waals surface area contributed by atoms with Gasteiger partial charge in [-0.3, -0.25) is 15.1 Å². The standard InChI is InChI=1S/C13H11ClN2O4/c1-8(17)12-5-3-10(7-15-12)20-13-6-9(16(18)19)2-4-11(13)14/h2-8,17H,1H3/t8-/m1/s1. The molecule has 1 aromatic heterocycles. The van der Waals surface area contributed by atoms with E-state index in [1.807, 2.05) is 0 Å². The summed E-state index contributed by atoms with van der Waals surface area (Å²) in [6.07, 6.45) is 0.738. The molecule has 0 saturated carbocycles. The van der Waals surface area contributed by atoms with Crippen LogP contribution in [0.25, 0.3) is 0 Å². The Morgan fingerprint density at radius 2 is 2.15 bits per heavy atom. The summed E-state index contributed by atoms with van der Waals surface area (Å²) in [6.45, 7) is 1.60. The van der Waals surface area contributed by atoms with Gasteiger partial charge in [0.05, 0.1) is 34.0 Å². The van der Waals surface area contributed by atoms with E-state index in [1.165, 1.54) is 24.4 Å². The van der Waals surface area contributed by atoms with Gasteiger partial charge in [0.2, 0.25) is 0 Å². The monoisotopic (exact) mass is 294 g/mol. The highest BCUT2D eigenvalue weighted by Crippen LogP contribution is 2.32. The van der Waals surface area contributed by atoms with Crippen LogP contribution in [0.3, 0.4) is 0 Å². The van der Waals surface area contributed by atoms with E-state index in [4.69, 9.17) is 16.3 Å². The summed E-state index contributed by atoms with van der Waals surface area (Å²) >= 11 is 5.92. The number of aliphatic hydroxyl groups is 1. The lowest BCUT2D eigenvalue weighted by molar-refractivity contribution is -0.384. The summed E-state index contributed by atoms with van der Waals surface area (Å²) in [7, 11) is 0. The summed E-state index contributed by atoms with van der Waals surface area (Å²) in [6, 6.07) is 7.14. The number of nitro benzene ring substituents is 1. The van der Waals surface area contributed by atoms with Crippen molar-refractivity contribution in [2.75, 3.05) is 0 Å². The molecule has 0 aliphatic rings. The van der Waals surface area contributed by atoms with E-state index in [2.05, 4.69) is 4.98 Å². The van der Waals surface area contributed by atoms with Crippen LogP contribution in [0.1, 0.15) is 18.7 Å². The molecule has 0 spiro atoms. The fourth-order valence-corrected chi connectivity index (χ4v) is 1.67. The average molecular weight is 295 g/mol. The first-order valence-corrected chi connectivity index (χ1v) is 6.11. The number of non-ortho nitro benzene ring substituents is 1. The van der Waals surface area contributed by atoms with Crippen molar-refractivity contribution >= 4 is 17.3 Å². The number of nitro groups is 1. The molecule has 2 aromatic rings. The minimum absolute atomic E-state index is 0.113. The van der Waals surface area contributed by atoms with Gasteiger partial charge < -0.3 is 9.84 Å². The SMILES string of the molecule is C[C@@H](O)c1ccc(Oc2cc([N+](=O)[O-])ccc2Cl)cn1. The largest absolute Gasteiger partial charge is 0.454 e. The van der Waals surface area contributed by atoms with Gasteiger partial charge in [-0.25, -0.2) is 0 Å². The lowest BCUT2D eigenvalue weighted by Gasteiger charge is -2.08. The van der Waals surface area contributed by atoms with Crippen LogP contribution in [-0.4, -0.2) is 15.0 Å². The van der Waals surface area contributed by atoms with Crippen LogP contribution in [-0.2, 0) is 0 Å². The van der Waals surface area contributed by atoms with Crippen LogP contribution in [0, 0.1) is 10.1 Å². The Labute approximate surface area is 119 Å². The summed E-state index contributed by atoms with van der Waals surface area (Å²) in [5, 5.41) is 20.3. The number of rotatable bonds is 4. The van der Waals surface area contributed by atoms with Crippen molar-refractivity contribution < 1.29 is 14.8 Å². The van der Waals surface area contributed by atoms with E-state index in [0.29, 0.717) is 11.4 Å². The third kappa shape index (κ3) is 3.23. The number of hydrogen-bond acceptors (Lipinski definition) is 5. The Morgan fingerprint density at radius 3 is 2.70 bits per heavy atom. The number of benzene rings is 1. The first-order chi connectivity index (χ1) is 9.47. The molecule has 1 N–H and O–H groups in total. The quantitative estimate of drug-likeness (QED) is 0.689. The van der Waals surface area contributed by atoms with Gasteiger partial charge in [0.25, 0.3) is 5.69 Å². The molecule has 7 heteroatoms. The Bertz CT molecular complexity index is 629. The van der Waals surface area contributed by atoms with Gasteiger partial charge >= 0.3 is 0 Å². The van der Waals surface area contributed by atoms with Crippen molar-refractivity contribution in [3.05, 3.63) is 57.4 Å². The molecule has 0 aliphatic carbocycles. The molecule has 0 aliphatic heterocycles. The fourth-order valence-electron chi connectivity index (χ4n) is 1.51. The average Bonchev–Trinajstić information content (AvgIpc) is 2.41. The number of hydrogen-bond donors (Lipinski definition) is 1. The Morgan fingerprint density at radius 1 is 1.40 bits per heavy atom. The number of aliphatic hydroxyl groups excluding tert-OH is 1. The number of aromatic nitrogens is 1. The molecule has 0 fully saturated rings. The molecule has 6 nitrogen and oxygen atoms in total. The van der Waals surface area contributed by atoms with Crippen LogP contribution >= 0.6 is 11.6 Å². The zero-order chi connectivity index (χ0) is 14.7. The van der Waals surface area contributed by atoms with Gasteiger partial charge in [-0.2, -0.15) is 0 Å². The normalized spacial score (nSPS) is 11.9. The molecular weight excluding hydrogens is 284 g/mol. The van der Waals surface area contributed by atoms with Gasteiger partial charge in [-0.15, -0.1) is 0 Å². The second-order valence-electron chi connectivity index (χ2n) is 4.07. The Hall–Kier alpha value is -2.18. The molecule has 0 bridgehead atoms. The highest BCUT2D eigenvalue weighted by Gasteiger charge is 2.12. The molecular formula is C13H11ClN2O4. The number of nitrogens with zero attached hydrogens (tertiary/aromatic N) is 2. The first-order valence-electron chi connectivity index (χ1n) is 5.73. The zero-order valence-electron chi connectivity index (χ0n) is 10.5. The van der Waals surface area contributed by atoms with Crippen molar-refractivity contribution in [2.24, 2.45) is 0 Å². The topological polar surface area (TPSA) is 85.5 Å². The van der Waals surface area contributed by atoms with Crippen LogP contribution in [0.4, 0.5) is 5.69 Å². The predicted molar refractivity (Wildman–Crippen MR) is 73.1 cm³/mol. The van der Waals surface area contributed by atoms with Crippen LogP contribution in [0.5, 0.6) is 11.5 Å². The summed E-state index contributed by atoms with van der Waals surface area (Å²) < 4.78 is 5.45. The summed E-state index contributed by atoms with van der Waals surface area (Å²) in [4.78, 5) is 14.2. The molecule has 1 aromatic carbocycles. The molecule has 0 unspecified atom stereocenters. The smallest absolute Gasteiger partial charge is 0.273 e. The van der Waals surface area contributed by atoms with Crippen molar-refractivity contribution in [2.45, 2.75) is 13.0 Å². The van der Waals surface area contributed by atoms with Crippen molar-refractivity contribution in [1.29, 1.82) is 0 Å². The van der Waals surface area contributed by atoms with Gasteiger partial charge in [0.1, 0.15) is 5.75 Å². The van der Waals surface area contributed by atoms with E-state index in [-0.39, 0.29) is 16.5 Å². The van der Waals surface area contributed by atoms with Crippen LogP contribution in [0.2, 0.25) is 5.02 Å². The van der Waals surface area contributed by atoms with Gasteiger partial charge in [0, 0.05) is 6.07 Å². The maximum absolute atomic E-state index is 10.7. The van der Waals surface area contributed by atoms with Gasteiger partial charge in [-0.1, -0.05) is 11.6 Å². The number of ether oxygens (including phenoxy) is 1. The third-order valence-corrected chi connectivity index (χ3v) is 2.85. The van der Waals surface area contributed by atoms with E-state index < -0.39 is 11.0 Å². The van der Waals surface area contributed by atoms with Gasteiger partial charge in [-0.05, 0) is 25.1 Å². The molecule has 0 radical (unpaired) electrons. The molecule has 1 atom stereocenters. The van der Waals surface area contributed by atoms with Gasteiger partial charge in [0.15, 0.2) is 5.75 Å². The van der Waals surface area contributed by atoms with Crippen LogP contribution < -0.4 is 4.74 Å². The second-order valence-corrected chi connectivity index (χ2v) is 4.48. The second kappa shape index (κ2) is 5.85. The summed E-state index contributed by atoms with van der Waals surface area (Å²) in [5.74, 6) is 0.546. The maximum Gasteiger partial charge on any atom is 0.273 e. The van der Waals surface area contributed by atoms with Crippen molar-refractivity contribution in [1.82, 2.24) is 4.98 Å². The van der Waals surface area contributed by atoms with Crippen LogP contribution in [0.15, 0.2) is 36.5 Å². The molecule has 2 rings (SSSR count). The lowest BCUT2D eigenvalue weighted by Crippen LogP contribution is -1.95. The molecule has 0 saturated heterocycles. The zero-order valence-corrected chi connectivity index (χ0v) is 11.2. The highest BCUT2D eigenvalue weighted by atomic mass is 35.5. The first kappa shape index (κ1) is 14.2. The van der Waals surface area contributed by atoms with Crippen molar-refractivity contribution in [3.63, 3.8) is 0 Å². The molecule has 104 valence electrons. The minimum Gasteiger partial charge on any atom is -0.454 e. The highest BCUT2D eigenvalue weighted by molar-refractivity contribution is 6.32. The van der Waals surface area contributed by atoms with E-state index in [9.17, 15) is 15.2 Å².